The molecule has 1 aliphatic rings. The molecule has 3 nitrogen and oxygen atoms in total. The van der Waals surface area contributed by atoms with Crippen molar-refractivity contribution in [1.82, 2.24) is 0 Å². The average molecular weight is 453 g/mol. The van der Waals surface area contributed by atoms with E-state index in [1.54, 1.807) is 0 Å². The summed E-state index contributed by atoms with van der Waals surface area (Å²) in [4.78, 5) is 4.32. The number of nitrogens with zero attached hydrogens (tertiary/aromatic N) is 2. The van der Waals surface area contributed by atoms with Crippen LogP contribution < -0.4 is 25.1 Å². The SMILES string of the molecule is CN(C)c1ccc2[c](c1)[Sb]([c]1ccccc1)[c]1cc(N(C)C)ccc1O2. The number of hydrogen-bond acceptors (Lipinski definition) is 3. The predicted octanol–water partition coefficient (Wildman–Crippen LogP) is 2.44. The Labute approximate surface area is 162 Å². The Morgan fingerprint density at radius 2 is 1.15 bits per heavy atom. The molecule has 0 atom stereocenters. The van der Waals surface area contributed by atoms with Crippen molar-refractivity contribution in [1.29, 1.82) is 0 Å². The van der Waals surface area contributed by atoms with E-state index >= 15 is 0 Å². The third-order valence-electron chi connectivity index (χ3n) is 4.63. The number of benzene rings is 3. The van der Waals surface area contributed by atoms with Gasteiger partial charge in [-0.25, -0.2) is 0 Å². The molecule has 3 aromatic carbocycles. The molecule has 0 radical (unpaired) electrons. The van der Waals surface area contributed by atoms with Crippen LogP contribution in [0.5, 0.6) is 11.5 Å². The second-order valence-electron chi connectivity index (χ2n) is 6.87. The normalized spacial score (nSPS) is 12.8. The van der Waals surface area contributed by atoms with Crippen LogP contribution in [0.4, 0.5) is 11.4 Å². The first-order chi connectivity index (χ1) is 12.5. The zero-order chi connectivity index (χ0) is 18.3. The summed E-state index contributed by atoms with van der Waals surface area (Å²) >= 11 is -2.16. The Bertz CT molecular complexity index is 881. The van der Waals surface area contributed by atoms with Gasteiger partial charge in [-0.2, -0.15) is 0 Å². The third kappa shape index (κ3) is 3.05. The standard InChI is InChI=1S/C16H18N2O.C6H5.Sb/c1-17(2)13-5-9-15(10-6-13)19-16-11-7-14(8-12-16)18(3)4;1-2-4-6-5-3-1;/h5-9,11H,1-4H3;1-5H;. The van der Waals surface area contributed by atoms with Crippen LogP contribution in [-0.2, 0) is 0 Å². The fourth-order valence-electron chi connectivity index (χ4n) is 3.19. The summed E-state index contributed by atoms with van der Waals surface area (Å²) < 4.78 is 10.6. The van der Waals surface area contributed by atoms with E-state index in [0.29, 0.717) is 0 Å². The molecule has 0 unspecified atom stereocenters. The summed E-state index contributed by atoms with van der Waals surface area (Å²) in [6.07, 6.45) is 0. The number of anilines is 2. The van der Waals surface area contributed by atoms with E-state index in [2.05, 4.69) is 105 Å². The Morgan fingerprint density at radius 3 is 1.62 bits per heavy atom. The predicted molar refractivity (Wildman–Crippen MR) is 113 cm³/mol. The molecule has 0 fully saturated rings. The summed E-state index contributed by atoms with van der Waals surface area (Å²) in [5.74, 6) is 2.04. The van der Waals surface area contributed by atoms with Crippen molar-refractivity contribution in [3.8, 4) is 11.5 Å². The molecule has 1 aliphatic heterocycles. The van der Waals surface area contributed by atoms with Gasteiger partial charge in [0.05, 0.1) is 0 Å². The zero-order valence-electron chi connectivity index (χ0n) is 15.6. The second kappa shape index (κ2) is 6.89. The maximum atomic E-state index is 6.31. The summed E-state index contributed by atoms with van der Waals surface area (Å²) in [7, 11) is 8.36. The summed E-state index contributed by atoms with van der Waals surface area (Å²) in [5, 5.41) is 0. The summed E-state index contributed by atoms with van der Waals surface area (Å²) in [6, 6.07) is 24.2. The zero-order valence-corrected chi connectivity index (χ0v) is 18.2. The van der Waals surface area contributed by atoms with Crippen LogP contribution in [-0.4, -0.2) is 48.4 Å². The Balaban J connectivity index is 1.94. The van der Waals surface area contributed by atoms with Crippen molar-refractivity contribution in [3.05, 3.63) is 66.7 Å². The van der Waals surface area contributed by atoms with Crippen LogP contribution in [0.3, 0.4) is 0 Å². The van der Waals surface area contributed by atoms with Gasteiger partial charge in [-0.15, -0.1) is 0 Å². The quantitative estimate of drug-likeness (QED) is 0.444. The molecule has 26 heavy (non-hydrogen) atoms. The summed E-state index contributed by atoms with van der Waals surface area (Å²) in [5.41, 5.74) is 2.45. The monoisotopic (exact) mass is 452 g/mol. The van der Waals surface area contributed by atoms with Gasteiger partial charge in [0.2, 0.25) is 0 Å². The first-order valence-electron chi connectivity index (χ1n) is 8.70. The molecule has 0 amide bonds. The van der Waals surface area contributed by atoms with Crippen molar-refractivity contribution >= 4 is 42.1 Å². The van der Waals surface area contributed by atoms with Gasteiger partial charge in [0.1, 0.15) is 0 Å². The van der Waals surface area contributed by atoms with Crippen LogP contribution in [0.2, 0.25) is 0 Å². The average Bonchev–Trinajstić information content (AvgIpc) is 2.65. The Kier molecular flexibility index (Phi) is 4.58. The van der Waals surface area contributed by atoms with Gasteiger partial charge in [0.25, 0.3) is 0 Å². The molecule has 1 heterocycles. The number of rotatable bonds is 3. The van der Waals surface area contributed by atoms with Crippen molar-refractivity contribution < 1.29 is 4.74 Å². The van der Waals surface area contributed by atoms with Gasteiger partial charge in [0.15, 0.2) is 0 Å². The van der Waals surface area contributed by atoms with Crippen LogP contribution in [0, 0.1) is 0 Å². The Morgan fingerprint density at radius 1 is 0.654 bits per heavy atom. The van der Waals surface area contributed by atoms with Gasteiger partial charge < -0.3 is 0 Å². The van der Waals surface area contributed by atoms with E-state index < -0.39 is 20.2 Å². The van der Waals surface area contributed by atoms with E-state index in [1.165, 1.54) is 21.9 Å². The fraction of sp³-hybridized carbons (Fsp3) is 0.182. The molecule has 3 aromatic rings. The van der Waals surface area contributed by atoms with Crippen molar-refractivity contribution in [2.75, 3.05) is 38.0 Å². The first kappa shape index (κ1) is 17.3. The molecule has 0 saturated heterocycles. The number of fused-ring (bicyclic) bond motifs is 2. The molecule has 132 valence electrons. The topological polar surface area (TPSA) is 15.7 Å². The van der Waals surface area contributed by atoms with Crippen LogP contribution in [0.1, 0.15) is 0 Å². The molecular formula is C22H23N2OSb. The molecular weight excluding hydrogens is 430 g/mol. The molecule has 0 saturated carbocycles. The van der Waals surface area contributed by atoms with Crippen LogP contribution >= 0.6 is 0 Å². The summed E-state index contributed by atoms with van der Waals surface area (Å²) in [6.45, 7) is 0. The minimum atomic E-state index is -2.16. The first-order valence-corrected chi connectivity index (χ1v) is 12.5. The van der Waals surface area contributed by atoms with Crippen molar-refractivity contribution in [2.45, 2.75) is 0 Å². The van der Waals surface area contributed by atoms with E-state index in [4.69, 9.17) is 4.74 Å². The second-order valence-corrected chi connectivity index (χ2v) is 13.0. The molecule has 0 spiro atoms. The van der Waals surface area contributed by atoms with Crippen molar-refractivity contribution in [2.24, 2.45) is 0 Å². The molecule has 0 N–H and O–H groups in total. The van der Waals surface area contributed by atoms with E-state index in [-0.39, 0.29) is 0 Å². The molecule has 0 aromatic heterocycles. The van der Waals surface area contributed by atoms with E-state index in [1.807, 2.05) is 0 Å². The number of hydrogen-bond donors (Lipinski definition) is 0. The van der Waals surface area contributed by atoms with Gasteiger partial charge in [0, 0.05) is 0 Å². The van der Waals surface area contributed by atoms with E-state index in [0.717, 1.165) is 11.5 Å². The maximum absolute atomic E-state index is 6.31. The van der Waals surface area contributed by atoms with Crippen LogP contribution in [0.15, 0.2) is 66.7 Å². The third-order valence-corrected chi connectivity index (χ3v) is 11.7. The van der Waals surface area contributed by atoms with Crippen LogP contribution in [0.25, 0.3) is 0 Å². The number of ether oxygens (including phenoxy) is 1. The minimum absolute atomic E-state index is 1.02. The van der Waals surface area contributed by atoms with Crippen molar-refractivity contribution in [3.63, 3.8) is 0 Å². The van der Waals surface area contributed by atoms with Gasteiger partial charge in [-0.1, -0.05) is 0 Å². The van der Waals surface area contributed by atoms with Gasteiger partial charge in [-0.05, 0) is 0 Å². The van der Waals surface area contributed by atoms with Gasteiger partial charge >= 0.3 is 163 Å². The Hall–Kier alpha value is -2.12. The van der Waals surface area contributed by atoms with E-state index in [9.17, 15) is 0 Å². The molecule has 0 aliphatic carbocycles. The van der Waals surface area contributed by atoms with Gasteiger partial charge in [-0.3, -0.25) is 0 Å². The molecule has 0 bridgehead atoms. The fourth-order valence-corrected chi connectivity index (χ4v) is 10.3. The molecule has 4 rings (SSSR count). The molecule has 4 heteroatoms.